The molecule has 2 heterocycles. The fraction of sp³-hybridized carbons (Fsp3) is 0.556. The summed E-state index contributed by atoms with van der Waals surface area (Å²) in [6.07, 6.45) is 2.46. The molecule has 1 N–H and O–H groups in total. The molecule has 1 aliphatic heterocycles. The van der Waals surface area contributed by atoms with Gasteiger partial charge in [0.05, 0.1) is 5.69 Å². The molecule has 3 nitrogen and oxygen atoms in total. The van der Waals surface area contributed by atoms with Gasteiger partial charge in [-0.15, -0.1) is 0 Å². The lowest BCUT2D eigenvalue weighted by molar-refractivity contribution is 0.631. The summed E-state index contributed by atoms with van der Waals surface area (Å²) < 4.78 is 0. The molecule has 2 rings (SSSR count). The fourth-order valence-corrected chi connectivity index (χ4v) is 2.72. The molecular formula is C9H12N2OS. The lowest BCUT2D eigenvalue weighted by Gasteiger charge is -2.19. The molecular weight excluding hydrogens is 184 g/mol. The van der Waals surface area contributed by atoms with E-state index in [2.05, 4.69) is 10.2 Å². The number of hydrogen-bond acceptors (Lipinski definition) is 3. The van der Waals surface area contributed by atoms with Crippen molar-refractivity contribution >= 4 is 11.8 Å². The van der Waals surface area contributed by atoms with Crippen LogP contribution in [0.4, 0.5) is 0 Å². The average molecular weight is 196 g/mol. The summed E-state index contributed by atoms with van der Waals surface area (Å²) in [6.45, 7) is 0. The van der Waals surface area contributed by atoms with E-state index in [9.17, 15) is 4.79 Å². The van der Waals surface area contributed by atoms with Crippen LogP contribution in [0, 0.1) is 0 Å². The first-order valence-electron chi connectivity index (χ1n) is 4.49. The smallest absolute Gasteiger partial charge is 0.264 e. The molecule has 70 valence electrons. The molecule has 1 saturated heterocycles. The predicted octanol–water partition coefficient (Wildman–Crippen LogP) is 1.38. The maximum absolute atomic E-state index is 10.8. The van der Waals surface area contributed by atoms with E-state index < -0.39 is 0 Å². The maximum atomic E-state index is 10.8. The van der Waals surface area contributed by atoms with Crippen molar-refractivity contribution < 1.29 is 0 Å². The highest BCUT2D eigenvalue weighted by molar-refractivity contribution is 7.99. The van der Waals surface area contributed by atoms with Crippen LogP contribution < -0.4 is 5.56 Å². The summed E-state index contributed by atoms with van der Waals surface area (Å²) in [4.78, 5) is 10.8. The second-order valence-electron chi connectivity index (χ2n) is 3.26. The van der Waals surface area contributed by atoms with Crippen LogP contribution in [0.2, 0.25) is 0 Å². The molecule has 1 unspecified atom stereocenters. The summed E-state index contributed by atoms with van der Waals surface area (Å²) in [7, 11) is 0. The van der Waals surface area contributed by atoms with Crippen LogP contribution in [0.15, 0.2) is 16.9 Å². The zero-order valence-electron chi connectivity index (χ0n) is 7.32. The zero-order valence-corrected chi connectivity index (χ0v) is 8.14. The third-order valence-corrected chi connectivity index (χ3v) is 3.49. The predicted molar refractivity (Wildman–Crippen MR) is 54.2 cm³/mol. The molecule has 1 fully saturated rings. The van der Waals surface area contributed by atoms with Crippen LogP contribution in [0.1, 0.15) is 24.5 Å². The van der Waals surface area contributed by atoms with Crippen molar-refractivity contribution in [3.8, 4) is 0 Å². The number of hydrogen-bond donors (Lipinski definition) is 1. The van der Waals surface area contributed by atoms with Crippen molar-refractivity contribution in [3.63, 3.8) is 0 Å². The summed E-state index contributed by atoms with van der Waals surface area (Å²) in [5, 5.41) is 6.53. The summed E-state index contributed by atoms with van der Waals surface area (Å²) >= 11 is 1.97. The van der Waals surface area contributed by atoms with E-state index in [1.807, 2.05) is 17.8 Å². The van der Waals surface area contributed by atoms with Gasteiger partial charge in [-0.2, -0.15) is 16.9 Å². The van der Waals surface area contributed by atoms with Gasteiger partial charge in [0.15, 0.2) is 0 Å². The Kier molecular flexibility index (Phi) is 2.68. The minimum atomic E-state index is -0.118. The van der Waals surface area contributed by atoms with Gasteiger partial charge in [0.1, 0.15) is 0 Å². The van der Waals surface area contributed by atoms with Gasteiger partial charge >= 0.3 is 0 Å². The van der Waals surface area contributed by atoms with E-state index >= 15 is 0 Å². The molecule has 0 spiro atoms. The van der Waals surface area contributed by atoms with Gasteiger partial charge in [-0.05, 0) is 24.7 Å². The van der Waals surface area contributed by atoms with Gasteiger partial charge in [-0.3, -0.25) is 4.79 Å². The average Bonchev–Trinajstić information content (AvgIpc) is 2.20. The van der Waals surface area contributed by atoms with Crippen molar-refractivity contribution in [2.75, 3.05) is 11.5 Å². The fourth-order valence-electron chi connectivity index (χ4n) is 1.56. The van der Waals surface area contributed by atoms with Crippen LogP contribution in [0.5, 0.6) is 0 Å². The molecule has 1 atom stereocenters. The quantitative estimate of drug-likeness (QED) is 0.738. The second kappa shape index (κ2) is 3.96. The number of thioether (sulfide) groups is 1. The molecule has 4 heteroatoms. The summed E-state index contributed by atoms with van der Waals surface area (Å²) in [5.41, 5.74) is 0.916. The van der Waals surface area contributed by atoms with E-state index in [1.165, 1.54) is 18.6 Å². The first-order chi connectivity index (χ1) is 6.36. The molecule has 0 bridgehead atoms. The molecule has 0 amide bonds. The summed E-state index contributed by atoms with van der Waals surface area (Å²) in [5.74, 6) is 2.94. The minimum absolute atomic E-state index is 0.118. The van der Waals surface area contributed by atoms with Gasteiger partial charge in [0, 0.05) is 17.7 Å². The van der Waals surface area contributed by atoms with Gasteiger partial charge in [-0.25, -0.2) is 5.10 Å². The zero-order chi connectivity index (χ0) is 9.10. The van der Waals surface area contributed by atoms with Crippen LogP contribution in [0.25, 0.3) is 0 Å². The van der Waals surface area contributed by atoms with E-state index in [0.29, 0.717) is 5.92 Å². The summed E-state index contributed by atoms with van der Waals surface area (Å²) in [6, 6.07) is 3.40. The Labute approximate surface area is 80.9 Å². The van der Waals surface area contributed by atoms with Crippen molar-refractivity contribution in [1.29, 1.82) is 0 Å². The van der Waals surface area contributed by atoms with Gasteiger partial charge < -0.3 is 0 Å². The van der Waals surface area contributed by atoms with Gasteiger partial charge in [0.25, 0.3) is 5.56 Å². The van der Waals surface area contributed by atoms with Crippen molar-refractivity contribution in [2.24, 2.45) is 0 Å². The first kappa shape index (κ1) is 8.81. The maximum Gasteiger partial charge on any atom is 0.264 e. The number of rotatable bonds is 1. The van der Waals surface area contributed by atoms with E-state index in [-0.39, 0.29) is 5.56 Å². The van der Waals surface area contributed by atoms with Gasteiger partial charge in [-0.1, -0.05) is 0 Å². The molecule has 0 radical (unpaired) electrons. The number of H-pyrrole nitrogens is 1. The van der Waals surface area contributed by atoms with Gasteiger partial charge in [0.2, 0.25) is 0 Å². The third-order valence-electron chi connectivity index (χ3n) is 2.28. The van der Waals surface area contributed by atoms with Crippen LogP contribution in [-0.4, -0.2) is 21.7 Å². The number of aromatic nitrogens is 2. The van der Waals surface area contributed by atoms with Crippen LogP contribution in [0.3, 0.4) is 0 Å². The largest absolute Gasteiger partial charge is 0.268 e. The Morgan fingerprint density at radius 2 is 2.46 bits per heavy atom. The minimum Gasteiger partial charge on any atom is -0.268 e. The van der Waals surface area contributed by atoms with E-state index in [0.717, 1.165) is 11.4 Å². The molecule has 0 aliphatic carbocycles. The van der Waals surface area contributed by atoms with E-state index in [1.54, 1.807) is 6.07 Å². The Hall–Kier alpha value is -0.770. The highest BCUT2D eigenvalue weighted by Crippen LogP contribution is 2.29. The number of nitrogens with one attached hydrogen (secondary N) is 1. The molecule has 1 aromatic rings. The Morgan fingerprint density at radius 1 is 1.54 bits per heavy atom. The number of aromatic amines is 1. The first-order valence-corrected chi connectivity index (χ1v) is 5.65. The lowest BCUT2D eigenvalue weighted by atomic mass is 10.0. The monoisotopic (exact) mass is 196 g/mol. The third kappa shape index (κ3) is 2.12. The topological polar surface area (TPSA) is 45.8 Å². The van der Waals surface area contributed by atoms with Crippen molar-refractivity contribution in [3.05, 3.63) is 28.2 Å². The Balaban J connectivity index is 2.14. The molecule has 13 heavy (non-hydrogen) atoms. The number of nitrogens with zero attached hydrogens (tertiary/aromatic N) is 1. The SMILES string of the molecule is O=c1ccc(C2CCCSC2)n[nH]1. The van der Waals surface area contributed by atoms with Crippen molar-refractivity contribution in [1.82, 2.24) is 10.2 Å². The highest BCUT2D eigenvalue weighted by Gasteiger charge is 2.16. The normalized spacial score (nSPS) is 22.9. The molecule has 0 saturated carbocycles. The molecule has 1 aromatic heterocycles. The molecule has 0 aromatic carbocycles. The second-order valence-corrected chi connectivity index (χ2v) is 4.41. The van der Waals surface area contributed by atoms with Crippen LogP contribution in [-0.2, 0) is 0 Å². The van der Waals surface area contributed by atoms with Crippen molar-refractivity contribution in [2.45, 2.75) is 18.8 Å². The van der Waals surface area contributed by atoms with Crippen LogP contribution >= 0.6 is 11.8 Å². The highest BCUT2D eigenvalue weighted by atomic mass is 32.2. The Morgan fingerprint density at radius 3 is 3.08 bits per heavy atom. The standard InChI is InChI=1S/C9H12N2OS/c12-9-4-3-8(10-11-9)7-2-1-5-13-6-7/h3-4,7H,1-2,5-6H2,(H,11,12). The molecule has 1 aliphatic rings. The lowest BCUT2D eigenvalue weighted by Crippen LogP contribution is -2.14. The van der Waals surface area contributed by atoms with E-state index in [4.69, 9.17) is 0 Å². The Bertz CT molecular complexity index is 310.